The molecule has 1 aromatic carbocycles. The predicted octanol–water partition coefficient (Wildman–Crippen LogP) is 2.75. The molecule has 3 aromatic heterocycles. The van der Waals surface area contributed by atoms with Crippen LogP contribution in [0.5, 0.6) is 5.88 Å². The summed E-state index contributed by atoms with van der Waals surface area (Å²) in [6, 6.07) is 8.68. The number of methoxy groups -OCH3 is 1. The summed E-state index contributed by atoms with van der Waals surface area (Å²) < 4.78 is 11.7. The Balaban J connectivity index is 1.16. The molecule has 11 nitrogen and oxygen atoms in total. The number of hydrogen-bond donors (Lipinski definition) is 2. The first-order chi connectivity index (χ1) is 17.8. The molecule has 192 valence electrons. The average molecular weight is 525 g/mol. The number of carbonyl (C=O) groups is 2. The maximum Gasteiger partial charge on any atom is 0.419 e. The number of oxazole rings is 1. The van der Waals surface area contributed by atoms with Crippen molar-refractivity contribution in [3.63, 3.8) is 0 Å². The highest BCUT2D eigenvalue weighted by atomic mass is 35.5. The van der Waals surface area contributed by atoms with E-state index in [1.54, 1.807) is 30.1 Å². The van der Waals surface area contributed by atoms with E-state index in [0.717, 1.165) is 5.56 Å². The number of nitrogens with zero attached hydrogens (tertiary/aromatic N) is 4. The number of aromatic amines is 1. The number of aryl methyl sites for hydroxylation is 1. The number of hydrogen-bond acceptors (Lipinski definition) is 7. The van der Waals surface area contributed by atoms with Gasteiger partial charge in [0.15, 0.2) is 5.58 Å². The molecule has 4 aromatic rings. The third-order valence-electron chi connectivity index (χ3n) is 6.60. The lowest BCUT2D eigenvalue weighted by molar-refractivity contribution is -0.126. The standard InChI is InChI=1S/C25H25ClN6O5/c1-31-20-9-14(3-4-21(20)37-25(31)35)12-28-23(33)15-5-7-32(8-6-15)24(34)19-11-18(29-30-19)16-10-22(36-2)27-13-17(16)26/h3-4,9-11,13,15H,5-8,12H2,1-2H3,(H,28,33)(H,29,30). The second kappa shape index (κ2) is 10.1. The summed E-state index contributed by atoms with van der Waals surface area (Å²) in [5.41, 5.74) is 3.51. The highest BCUT2D eigenvalue weighted by Gasteiger charge is 2.28. The van der Waals surface area contributed by atoms with E-state index in [9.17, 15) is 14.4 Å². The van der Waals surface area contributed by atoms with E-state index in [2.05, 4.69) is 20.5 Å². The normalized spacial score (nSPS) is 14.2. The van der Waals surface area contributed by atoms with Gasteiger partial charge in [0.2, 0.25) is 11.8 Å². The molecule has 1 saturated heterocycles. The van der Waals surface area contributed by atoms with Gasteiger partial charge in [0.1, 0.15) is 5.69 Å². The van der Waals surface area contributed by atoms with Crippen LogP contribution in [-0.4, -0.2) is 56.7 Å². The Morgan fingerprint density at radius 3 is 2.78 bits per heavy atom. The Kier molecular flexibility index (Phi) is 6.70. The molecule has 0 atom stereocenters. The number of benzene rings is 1. The summed E-state index contributed by atoms with van der Waals surface area (Å²) in [4.78, 5) is 43.2. The maximum absolute atomic E-state index is 13.0. The van der Waals surface area contributed by atoms with Gasteiger partial charge in [0.05, 0.1) is 29.5 Å². The SMILES string of the molecule is COc1cc(-c2cc(C(=O)N3CCC(C(=O)NCc4ccc5oc(=O)n(C)c5c4)CC3)[nH]n2)c(Cl)cn1. The van der Waals surface area contributed by atoms with Gasteiger partial charge in [-0.05, 0) is 36.6 Å². The van der Waals surface area contributed by atoms with E-state index in [1.807, 2.05) is 12.1 Å². The number of ether oxygens (including phenoxy) is 1. The highest BCUT2D eigenvalue weighted by Crippen LogP contribution is 2.29. The van der Waals surface area contributed by atoms with E-state index in [-0.39, 0.29) is 17.7 Å². The first kappa shape index (κ1) is 24.6. The van der Waals surface area contributed by atoms with Crippen molar-refractivity contribution in [2.24, 2.45) is 13.0 Å². The van der Waals surface area contributed by atoms with E-state index in [0.29, 0.717) is 71.4 Å². The molecular formula is C25H25ClN6O5. The zero-order chi connectivity index (χ0) is 26.1. The van der Waals surface area contributed by atoms with Crippen molar-refractivity contribution in [1.29, 1.82) is 0 Å². The summed E-state index contributed by atoms with van der Waals surface area (Å²) in [6.07, 6.45) is 2.59. The number of amides is 2. The van der Waals surface area contributed by atoms with Crippen molar-refractivity contribution < 1.29 is 18.7 Å². The van der Waals surface area contributed by atoms with Crippen molar-refractivity contribution >= 4 is 34.5 Å². The van der Waals surface area contributed by atoms with Crippen LogP contribution < -0.4 is 15.8 Å². The molecule has 37 heavy (non-hydrogen) atoms. The lowest BCUT2D eigenvalue weighted by Crippen LogP contribution is -2.43. The Morgan fingerprint density at radius 1 is 1.24 bits per heavy atom. The predicted molar refractivity (Wildman–Crippen MR) is 135 cm³/mol. The minimum atomic E-state index is -0.426. The van der Waals surface area contributed by atoms with Crippen LogP contribution in [-0.2, 0) is 18.4 Å². The number of piperidine rings is 1. The van der Waals surface area contributed by atoms with Crippen molar-refractivity contribution in [3.8, 4) is 17.1 Å². The molecule has 1 fully saturated rings. The van der Waals surface area contributed by atoms with Crippen molar-refractivity contribution in [3.05, 3.63) is 63.4 Å². The summed E-state index contributed by atoms with van der Waals surface area (Å²) in [5.74, 6) is -0.466. The van der Waals surface area contributed by atoms with Crippen LogP contribution >= 0.6 is 11.6 Å². The molecule has 1 aliphatic rings. The van der Waals surface area contributed by atoms with Crippen LogP contribution in [0.3, 0.4) is 0 Å². The van der Waals surface area contributed by atoms with E-state index in [4.69, 9.17) is 20.8 Å². The fourth-order valence-electron chi connectivity index (χ4n) is 4.43. The molecule has 2 N–H and O–H groups in total. The number of fused-ring (bicyclic) bond motifs is 1. The molecule has 0 bridgehead atoms. The molecule has 12 heteroatoms. The quantitative estimate of drug-likeness (QED) is 0.396. The summed E-state index contributed by atoms with van der Waals surface area (Å²) in [5, 5.41) is 10.4. The topological polar surface area (TPSA) is 135 Å². The van der Waals surface area contributed by atoms with E-state index in [1.165, 1.54) is 17.9 Å². The number of aromatic nitrogens is 4. The smallest absolute Gasteiger partial charge is 0.419 e. The monoisotopic (exact) mass is 524 g/mol. The third-order valence-corrected chi connectivity index (χ3v) is 6.90. The van der Waals surface area contributed by atoms with Crippen LogP contribution in [0.1, 0.15) is 28.9 Å². The fourth-order valence-corrected chi connectivity index (χ4v) is 4.63. The molecule has 0 saturated carbocycles. The van der Waals surface area contributed by atoms with E-state index >= 15 is 0 Å². The number of pyridine rings is 1. The van der Waals surface area contributed by atoms with Crippen molar-refractivity contribution in [2.75, 3.05) is 20.2 Å². The Labute approximate surface area is 216 Å². The van der Waals surface area contributed by atoms with Gasteiger partial charge in [-0.1, -0.05) is 17.7 Å². The number of halogens is 1. The van der Waals surface area contributed by atoms with Gasteiger partial charge in [-0.2, -0.15) is 5.10 Å². The maximum atomic E-state index is 13.0. The average Bonchev–Trinajstić information content (AvgIpc) is 3.52. The number of rotatable bonds is 6. The van der Waals surface area contributed by atoms with Crippen LogP contribution in [0.15, 0.2) is 45.7 Å². The number of nitrogens with one attached hydrogen (secondary N) is 2. The molecular weight excluding hydrogens is 500 g/mol. The van der Waals surface area contributed by atoms with Gasteiger partial charge in [-0.15, -0.1) is 0 Å². The first-order valence-corrected chi connectivity index (χ1v) is 12.1. The summed E-state index contributed by atoms with van der Waals surface area (Å²) in [7, 11) is 3.15. The van der Waals surface area contributed by atoms with Crippen molar-refractivity contribution in [2.45, 2.75) is 19.4 Å². The third kappa shape index (κ3) is 4.94. The number of likely N-dealkylation sites (tertiary alicyclic amines) is 1. The van der Waals surface area contributed by atoms with Gasteiger partial charge in [-0.25, -0.2) is 9.78 Å². The highest BCUT2D eigenvalue weighted by molar-refractivity contribution is 6.33. The Hall–Kier alpha value is -4.12. The first-order valence-electron chi connectivity index (χ1n) is 11.7. The molecule has 2 amide bonds. The zero-order valence-electron chi connectivity index (χ0n) is 20.3. The largest absolute Gasteiger partial charge is 0.481 e. The van der Waals surface area contributed by atoms with Crippen LogP contribution in [0.25, 0.3) is 22.4 Å². The van der Waals surface area contributed by atoms with Gasteiger partial charge >= 0.3 is 5.76 Å². The van der Waals surface area contributed by atoms with Gasteiger partial charge in [-0.3, -0.25) is 19.3 Å². The second-order valence-corrected chi connectivity index (χ2v) is 9.29. The molecule has 1 aliphatic heterocycles. The van der Waals surface area contributed by atoms with Crippen LogP contribution in [0, 0.1) is 5.92 Å². The van der Waals surface area contributed by atoms with Gasteiger partial charge in [0, 0.05) is 44.2 Å². The molecule has 0 unspecified atom stereocenters. The summed E-state index contributed by atoms with van der Waals surface area (Å²) in [6.45, 7) is 1.25. The second-order valence-electron chi connectivity index (χ2n) is 8.89. The fraction of sp³-hybridized carbons (Fsp3) is 0.320. The molecule has 0 spiro atoms. The van der Waals surface area contributed by atoms with Gasteiger partial charge in [0.25, 0.3) is 5.91 Å². The molecule has 0 radical (unpaired) electrons. The summed E-state index contributed by atoms with van der Waals surface area (Å²) >= 11 is 6.25. The lowest BCUT2D eigenvalue weighted by atomic mass is 9.95. The van der Waals surface area contributed by atoms with E-state index < -0.39 is 5.76 Å². The molecule has 4 heterocycles. The Morgan fingerprint density at radius 2 is 2.03 bits per heavy atom. The van der Waals surface area contributed by atoms with Crippen LogP contribution in [0.4, 0.5) is 0 Å². The lowest BCUT2D eigenvalue weighted by Gasteiger charge is -2.31. The molecule has 0 aliphatic carbocycles. The number of H-pyrrole nitrogens is 1. The number of carbonyl (C=O) groups excluding carboxylic acids is 2. The minimum absolute atomic E-state index is 0.0571. The minimum Gasteiger partial charge on any atom is -0.481 e. The zero-order valence-corrected chi connectivity index (χ0v) is 21.0. The van der Waals surface area contributed by atoms with Gasteiger partial charge < -0.3 is 19.4 Å². The molecule has 5 rings (SSSR count). The Bertz CT molecular complexity index is 1530. The van der Waals surface area contributed by atoms with Crippen molar-refractivity contribution in [1.82, 2.24) is 30.0 Å². The van der Waals surface area contributed by atoms with Crippen LogP contribution in [0.2, 0.25) is 5.02 Å².